The van der Waals surface area contributed by atoms with Crippen molar-refractivity contribution in [3.63, 3.8) is 0 Å². The summed E-state index contributed by atoms with van der Waals surface area (Å²) in [6.07, 6.45) is 2.04. The Kier molecular flexibility index (Phi) is 2.73. The summed E-state index contributed by atoms with van der Waals surface area (Å²) >= 11 is 0. The lowest BCUT2D eigenvalue weighted by atomic mass is 10.0. The molecule has 1 saturated carbocycles. The first-order chi connectivity index (χ1) is 7.04. The molecule has 1 aliphatic carbocycles. The number of hydrogen-bond acceptors (Lipinski definition) is 3. The van der Waals surface area contributed by atoms with Gasteiger partial charge in [-0.05, 0) is 19.8 Å². The Morgan fingerprint density at radius 1 is 1.47 bits per heavy atom. The zero-order valence-corrected chi connectivity index (χ0v) is 9.56. The van der Waals surface area contributed by atoms with Gasteiger partial charge in [0.2, 0.25) is 5.91 Å². The lowest BCUT2D eigenvalue weighted by Crippen LogP contribution is -2.54. The first-order valence-electron chi connectivity index (χ1n) is 5.67. The van der Waals surface area contributed by atoms with Crippen molar-refractivity contribution in [1.29, 1.82) is 0 Å². The van der Waals surface area contributed by atoms with Crippen molar-refractivity contribution in [1.82, 2.24) is 10.6 Å². The molecule has 0 bridgehead atoms. The van der Waals surface area contributed by atoms with Crippen molar-refractivity contribution in [2.24, 2.45) is 5.41 Å². The zero-order chi connectivity index (χ0) is 10.9. The predicted octanol–water partition coefficient (Wildman–Crippen LogP) is 0.281. The third-order valence-corrected chi connectivity index (χ3v) is 3.40. The Balaban J connectivity index is 1.79. The van der Waals surface area contributed by atoms with Crippen LogP contribution in [0.5, 0.6) is 0 Å². The fourth-order valence-electron chi connectivity index (χ4n) is 1.78. The second kappa shape index (κ2) is 3.76. The summed E-state index contributed by atoms with van der Waals surface area (Å²) in [7, 11) is 0. The van der Waals surface area contributed by atoms with Gasteiger partial charge in [0.1, 0.15) is 0 Å². The topological polar surface area (TPSA) is 50.4 Å². The number of nitrogens with one attached hydrogen (secondary N) is 2. The summed E-state index contributed by atoms with van der Waals surface area (Å²) in [6, 6.07) is 0. The van der Waals surface area contributed by atoms with Crippen LogP contribution in [0.2, 0.25) is 0 Å². The molecule has 0 aromatic carbocycles. The molecule has 1 heterocycles. The third kappa shape index (κ3) is 2.49. The minimum atomic E-state index is -0.237. The number of morpholine rings is 1. The molecule has 2 N–H and O–H groups in total. The Morgan fingerprint density at radius 3 is 2.73 bits per heavy atom. The molecule has 1 saturated heterocycles. The van der Waals surface area contributed by atoms with Crippen LogP contribution < -0.4 is 10.6 Å². The summed E-state index contributed by atoms with van der Waals surface area (Å²) < 4.78 is 5.67. The molecule has 15 heavy (non-hydrogen) atoms. The minimum Gasteiger partial charge on any atom is -0.371 e. The second-order valence-corrected chi connectivity index (χ2v) is 5.22. The lowest BCUT2D eigenvalue weighted by Gasteiger charge is -2.34. The van der Waals surface area contributed by atoms with Gasteiger partial charge in [-0.2, -0.15) is 0 Å². The number of carbonyl (C=O) groups is 1. The molecule has 4 nitrogen and oxygen atoms in total. The van der Waals surface area contributed by atoms with E-state index in [2.05, 4.69) is 10.6 Å². The van der Waals surface area contributed by atoms with E-state index in [0.29, 0.717) is 6.54 Å². The maximum absolute atomic E-state index is 11.7. The van der Waals surface area contributed by atoms with Gasteiger partial charge in [-0.1, -0.05) is 6.92 Å². The minimum absolute atomic E-state index is 0.0849. The first kappa shape index (κ1) is 10.9. The first-order valence-corrected chi connectivity index (χ1v) is 5.67. The molecule has 2 rings (SSSR count). The zero-order valence-electron chi connectivity index (χ0n) is 9.56. The van der Waals surface area contributed by atoms with Crippen molar-refractivity contribution in [3.8, 4) is 0 Å². The number of amides is 1. The van der Waals surface area contributed by atoms with Gasteiger partial charge in [-0.15, -0.1) is 0 Å². The number of carbonyl (C=O) groups excluding carboxylic acids is 1. The van der Waals surface area contributed by atoms with Crippen LogP contribution in [-0.4, -0.2) is 37.7 Å². The molecular formula is C11H20N2O2. The van der Waals surface area contributed by atoms with Crippen LogP contribution >= 0.6 is 0 Å². The van der Waals surface area contributed by atoms with E-state index >= 15 is 0 Å². The van der Waals surface area contributed by atoms with Crippen molar-refractivity contribution in [2.45, 2.75) is 32.3 Å². The van der Waals surface area contributed by atoms with Crippen LogP contribution in [-0.2, 0) is 9.53 Å². The highest BCUT2D eigenvalue weighted by Gasteiger charge is 2.45. The van der Waals surface area contributed by atoms with E-state index in [1.54, 1.807) is 0 Å². The fourth-order valence-corrected chi connectivity index (χ4v) is 1.78. The maximum atomic E-state index is 11.7. The van der Waals surface area contributed by atoms with Crippen LogP contribution in [0.25, 0.3) is 0 Å². The van der Waals surface area contributed by atoms with Crippen LogP contribution in [0, 0.1) is 5.41 Å². The van der Waals surface area contributed by atoms with Gasteiger partial charge >= 0.3 is 0 Å². The van der Waals surface area contributed by atoms with Gasteiger partial charge in [0.05, 0.1) is 12.2 Å². The summed E-state index contributed by atoms with van der Waals surface area (Å²) in [4.78, 5) is 11.7. The van der Waals surface area contributed by atoms with E-state index in [1.807, 2.05) is 13.8 Å². The average molecular weight is 212 g/mol. The second-order valence-electron chi connectivity index (χ2n) is 5.22. The van der Waals surface area contributed by atoms with Crippen LogP contribution in [0.3, 0.4) is 0 Å². The normalized spacial score (nSPS) is 33.5. The summed E-state index contributed by atoms with van der Waals surface area (Å²) in [5.74, 6) is 0.179. The standard InChI is InChI=1S/C11H20N2O2/c1-10(3-4-10)9(14)13-8-11(2)7-12-5-6-15-11/h12H,3-8H2,1-2H3,(H,13,14). The molecule has 0 aromatic rings. The van der Waals surface area contributed by atoms with Gasteiger partial charge in [0.15, 0.2) is 0 Å². The molecule has 1 aliphatic heterocycles. The molecule has 4 heteroatoms. The Hall–Kier alpha value is -0.610. The molecule has 1 unspecified atom stereocenters. The largest absolute Gasteiger partial charge is 0.371 e. The molecule has 1 atom stereocenters. The van der Waals surface area contributed by atoms with E-state index in [0.717, 1.165) is 32.5 Å². The van der Waals surface area contributed by atoms with E-state index in [1.165, 1.54) is 0 Å². The smallest absolute Gasteiger partial charge is 0.226 e. The Bertz CT molecular complexity index is 255. The van der Waals surface area contributed by atoms with Crippen molar-refractivity contribution in [3.05, 3.63) is 0 Å². The summed E-state index contributed by atoms with van der Waals surface area (Å²) in [5.41, 5.74) is -0.322. The van der Waals surface area contributed by atoms with Crippen molar-refractivity contribution < 1.29 is 9.53 Å². The molecule has 0 aromatic heterocycles. The number of rotatable bonds is 3. The van der Waals surface area contributed by atoms with Crippen LogP contribution in [0.4, 0.5) is 0 Å². The van der Waals surface area contributed by atoms with E-state index in [4.69, 9.17) is 4.74 Å². The molecule has 0 radical (unpaired) electrons. The molecule has 2 aliphatic rings. The summed E-state index contributed by atoms with van der Waals surface area (Å²) in [5, 5.41) is 6.27. The maximum Gasteiger partial charge on any atom is 0.226 e. The van der Waals surface area contributed by atoms with Gasteiger partial charge in [0, 0.05) is 25.0 Å². The predicted molar refractivity (Wildman–Crippen MR) is 57.6 cm³/mol. The van der Waals surface area contributed by atoms with E-state index in [-0.39, 0.29) is 16.9 Å². The fraction of sp³-hybridized carbons (Fsp3) is 0.909. The highest BCUT2D eigenvalue weighted by atomic mass is 16.5. The van der Waals surface area contributed by atoms with Crippen molar-refractivity contribution in [2.75, 3.05) is 26.2 Å². The molecule has 86 valence electrons. The summed E-state index contributed by atoms with van der Waals surface area (Å²) in [6.45, 7) is 7.10. The number of ether oxygens (including phenoxy) is 1. The Morgan fingerprint density at radius 2 is 2.20 bits per heavy atom. The molecule has 2 fully saturated rings. The van der Waals surface area contributed by atoms with Crippen LogP contribution in [0.1, 0.15) is 26.7 Å². The van der Waals surface area contributed by atoms with Crippen LogP contribution in [0.15, 0.2) is 0 Å². The van der Waals surface area contributed by atoms with Gasteiger partial charge in [-0.25, -0.2) is 0 Å². The average Bonchev–Trinajstić information content (AvgIpc) is 2.96. The van der Waals surface area contributed by atoms with Gasteiger partial charge in [-0.3, -0.25) is 4.79 Å². The number of hydrogen-bond donors (Lipinski definition) is 2. The molecule has 1 amide bonds. The van der Waals surface area contributed by atoms with Crippen molar-refractivity contribution >= 4 is 5.91 Å². The lowest BCUT2D eigenvalue weighted by molar-refractivity contribution is -0.128. The molecular weight excluding hydrogens is 192 g/mol. The third-order valence-electron chi connectivity index (χ3n) is 3.40. The monoisotopic (exact) mass is 212 g/mol. The highest BCUT2D eigenvalue weighted by Crippen LogP contribution is 2.45. The van der Waals surface area contributed by atoms with Gasteiger partial charge < -0.3 is 15.4 Å². The quantitative estimate of drug-likeness (QED) is 0.706. The SMILES string of the molecule is CC1(CNC(=O)C2(C)CC2)CNCCO1. The molecule has 0 spiro atoms. The highest BCUT2D eigenvalue weighted by molar-refractivity contribution is 5.84. The Labute approximate surface area is 90.8 Å². The van der Waals surface area contributed by atoms with Gasteiger partial charge in [0.25, 0.3) is 0 Å². The van der Waals surface area contributed by atoms with E-state index < -0.39 is 0 Å². The van der Waals surface area contributed by atoms with E-state index in [9.17, 15) is 4.79 Å².